The summed E-state index contributed by atoms with van der Waals surface area (Å²) >= 11 is 0. The van der Waals surface area contributed by atoms with Crippen molar-refractivity contribution < 1.29 is 0 Å². The largest absolute Gasteiger partial charge is 0.0654 e. The summed E-state index contributed by atoms with van der Waals surface area (Å²) in [5.74, 6) is 2.97. The molecule has 0 amide bonds. The van der Waals surface area contributed by atoms with Gasteiger partial charge in [-0.15, -0.1) is 0 Å². The van der Waals surface area contributed by atoms with Crippen LogP contribution in [-0.2, 0) is 0 Å². The van der Waals surface area contributed by atoms with Crippen molar-refractivity contribution in [3.05, 3.63) is 0 Å². The third-order valence-corrected chi connectivity index (χ3v) is 4.55. The Labute approximate surface area is 111 Å². The van der Waals surface area contributed by atoms with Crippen molar-refractivity contribution in [1.82, 2.24) is 0 Å². The molecule has 0 aliphatic heterocycles. The Morgan fingerprint density at radius 1 is 0.647 bits per heavy atom. The van der Waals surface area contributed by atoms with Gasteiger partial charge < -0.3 is 0 Å². The van der Waals surface area contributed by atoms with E-state index in [1.807, 2.05) is 0 Å². The number of unbranched alkanes of at least 4 members (excludes halogenated alkanes) is 1. The highest BCUT2D eigenvalue weighted by atomic mass is 14.3. The molecule has 0 aliphatic rings. The molecule has 3 atom stereocenters. The first-order valence-electron chi connectivity index (χ1n) is 8.23. The van der Waals surface area contributed by atoms with Crippen LogP contribution in [0, 0.1) is 17.8 Å². The Kier molecular flexibility index (Phi) is 11.1. The molecule has 0 radical (unpaired) electrons. The van der Waals surface area contributed by atoms with Gasteiger partial charge in [0.2, 0.25) is 0 Å². The summed E-state index contributed by atoms with van der Waals surface area (Å²) in [6.07, 6.45) is 12.7. The maximum absolute atomic E-state index is 2.40. The van der Waals surface area contributed by atoms with Gasteiger partial charge in [-0.2, -0.15) is 0 Å². The van der Waals surface area contributed by atoms with Crippen LogP contribution in [0.4, 0.5) is 0 Å². The van der Waals surface area contributed by atoms with Gasteiger partial charge in [0, 0.05) is 0 Å². The minimum Gasteiger partial charge on any atom is -0.0654 e. The first kappa shape index (κ1) is 17.0. The van der Waals surface area contributed by atoms with E-state index in [0.29, 0.717) is 0 Å². The fourth-order valence-electron chi connectivity index (χ4n) is 3.25. The maximum Gasteiger partial charge on any atom is -0.0386 e. The Morgan fingerprint density at radius 2 is 1.29 bits per heavy atom. The fourth-order valence-corrected chi connectivity index (χ4v) is 3.25. The van der Waals surface area contributed by atoms with Crippen LogP contribution in [0.5, 0.6) is 0 Å². The summed E-state index contributed by atoms with van der Waals surface area (Å²) in [5, 5.41) is 0. The van der Waals surface area contributed by atoms with Crippen molar-refractivity contribution in [1.29, 1.82) is 0 Å². The Bertz CT molecular complexity index is 150. The van der Waals surface area contributed by atoms with Crippen LogP contribution in [0.25, 0.3) is 0 Å². The van der Waals surface area contributed by atoms with Crippen molar-refractivity contribution in [2.45, 2.75) is 92.4 Å². The van der Waals surface area contributed by atoms with Gasteiger partial charge in [-0.1, -0.05) is 86.0 Å². The lowest BCUT2D eigenvalue weighted by Crippen LogP contribution is -2.17. The summed E-state index contributed by atoms with van der Waals surface area (Å²) in [6, 6.07) is 0. The maximum atomic E-state index is 2.40. The smallest absolute Gasteiger partial charge is 0.0386 e. The van der Waals surface area contributed by atoms with E-state index in [1.54, 1.807) is 0 Å². The van der Waals surface area contributed by atoms with Crippen molar-refractivity contribution in [3.8, 4) is 0 Å². The van der Waals surface area contributed by atoms with Gasteiger partial charge >= 0.3 is 0 Å². The van der Waals surface area contributed by atoms with E-state index in [1.165, 1.54) is 57.8 Å². The highest BCUT2D eigenvalue weighted by Gasteiger charge is 2.20. The van der Waals surface area contributed by atoms with Gasteiger partial charge in [0.1, 0.15) is 0 Å². The van der Waals surface area contributed by atoms with E-state index in [9.17, 15) is 0 Å². The van der Waals surface area contributed by atoms with Crippen molar-refractivity contribution in [3.63, 3.8) is 0 Å². The van der Waals surface area contributed by atoms with E-state index >= 15 is 0 Å². The van der Waals surface area contributed by atoms with Gasteiger partial charge in [-0.3, -0.25) is 0 Å². The average molecular weight is 240 g/mol. The molecule has 0 nitrogen and oxygen atoms in total. The molecule has 0 N–H and O–H groups in total. The molecule has 0 heterocycles. The number of hydrogen-bond donors (Lipinski definition) is 0. The molecule has 0 bridgehead atoms. The second-order valence-electron chi connectivity index (χ2n) is 5.78. The van der Waals surface area contributed by atoms with Crippen LogP contribution in [0.15, 0.2) is 0 Å². The minimum absolute atomic E-state index is 0.987. The molecule has 0 aromatic carbocycles. The lowest BCUT2D eigenvalue weighted by Gasteiger charge is -2.28. The lowest BCUT2D eigenvalue weighted by atomic mass is 9.77. The Morgan fingerprint density at radius 3 is 1.71 bits per heavy atom. The second kappa shape index (κ2) is 11.1. The van der Waals surface area contributed by atoms with Crippen LogP contribution < -0.4 is 0 Å². The van der Waals surface area contributed by atoms with Gasteiger partial charge in [0.25, 0.3) is 0 Å². The third-order valence-electron chi connectivity index (χ3n) is 4.55. The molecule has 0 aromatic heterocycles. The molecule has 0 rings (SSSR count). The van der Waals surface area contributed by atoms with Crippen LogP contribution in [-0.4, -0.2) is 0 Å². The van der Waals surface area contributed by atoms with Crippen molar-refractivity contribution >= 4 is 0 Å². The molecule has 0 spiro atoms. The van der Waals surface area contributed by atoms with Crippen LogP contribution in [0.3, 0.4) is 0 Å². The molecule has 0 saturated heterocycles. The van der Waals surface area contributed by atoms with E-state index in [-0.39, 0.29) is 0 Å². The van der Waals surface area contributed by atoms with Crippen LogP contribution in [0.2, 0.25) is 0 Å². The molecule has 0 heteroatoms. The van der Waals surface area contributed by atoms with Gasteiger partial charge in [-0.05, 0) is 24.2 Å². The normalized spacial score (nSPS) is 16.8. The molecule has 3 unspecified atom stereocenters. The van der Waals surface area contributed by atoms with Crippen molar-refractivity contribution in [2.24, 2.45) is 17.8 Å². The highest BCUT2D eigenvalue weighted by molar-refractivity contribution is 4.72. The van der Waals surface area contributed by atoms with Crippen LogP contribution in [0.1, 0.15) is 92.4 Å². The molecule has 0 saturated carbocycles. The Hall–Kier alpha value is 0. The molecule has 0 fully saturated rings. The molecule has 104 valence electrons. The zero-order valence-corrected chi connectivity index (χ0v) is 13.1. The first-order chi connectivity index (χ1) is 8.23. The molecule has 0 aliphatic carbocycles. The SMILES string of the molecule is CCCCC(CC)CC(CC)C(CC)CCC. The van der Waals surface area contributed by atoms with Gasteiger partial charge in [-0.25, -0.2) is 0 Å². The predicted molar refractivity (Wildman–Crippen MR) is 80.4 cm³/mol. The number of hydrogen-bond acceptors (Lipinski definition) is 0. The second-order valence-corrected chi connectivity index (χ2v) is 5.78. The van der Waals surface area contributed by atoms with E-state index in [0.717, 1.165) is 17.8 Å². The number of rotatable bonds is 11. The van der Waals surface area contributed by atoms with Crippen LogP contribution >= 0.6 is 0 Å². The van der Waals surface area contributed by atoms with E-state index < -0.39 is 0 Å². The summed E-state index contributed by atoms with van der Waals surface area (Å²) < 4.78 is 0. The topological polar surface area (TPSA) is 0 Å². The first-order valence-corrected chi connectivity index (χ1v) is 8.23. The fraction of sp³-hybridized carbons (Fsp3) is 1.00. The average Bonchev–Trinajstić information content (AvgIpc) is 2.37. The summed E-state index contributed by atoms with van der Waals surface area (Å²) in [4.78, 5) is 0. The zero-order valence-electron chi connectivity index (χ0n) is 13.1. The predicted octanol–water partition coefficient (Wildman–Crippen LogP) is 6.45. The monoisotopic (exact) mass is 240 g/mol. The quantitative estimate of drug-likeness (QED) is 0.389. The highest BCUT2D eigenvalue weighted by Crippen LogP contribution is 2.32. The summed E-state index contributed by atoms with van der Waals surface area (Å²) in [7, 11) is 0. The zero-order chi connectivity index (χ0) is 13.1. The van der Waals surface area contributed by atoms with Gasteiger partial charge in [0.15, 0.2) is 0 Å². The molecule has 0 aromatic rings. The van der Waals surface area contributed by atoms with Gasteiger partial charge in [0.05, 0.1) is 0 Å². The standard InChI is InChI=1S/C17H36/c1-6-11-13-15(8-3)14-17(10-5)16(9-4)12-7-2/h15-17H,6-14H2,1-5H3. The molecular weight excluding hydrogens is 204 g/mol. The summed E-state index contributed by atoms with van der Waals surface area (Å²) in [6.45, 7) is 11.8. The van der Waals surface area contributed by atoms with E-state index in [4.69, 9.17) is 0 Å². The molecule has 17 heavy (non-hydrogen) atoms. The summed E-state index contributed by atoms with van der Waals surface area (Å²) in [5.41, 5.74) is 0. The van der Waals surface area contributed by atoms with E-state index in [2.05, 4.69) is 34.6 Å². The third kappa shape index (κ3) is 7.11. The lowest BCUT2D eigenvalue weighted by molar-refractivity contribution is 0.227. The molecular formula is C17H36. The Balaban J connectivity index is 4.22. The minimum atomic E-state index is 0.987. The van der Waals surface area contributed by atoms with Crippen molar-refractivity contribution in [2.75, 3.05) is 0 Å².